The van der Waals surface area contributed by atoms with E-state index in [9.17, 15) is 19.7 Å². The Kier molecular flexibility index (Phi) is 4.57. The third kappa shape index (κ3) is 3.70. The van der Waals surface area contributed by atoms with Gasteiger partial charge in [0.25, 0.3) is 11.2 Å². The highest BCUT2D eigenvalue weighted by Crippen LogP contribution is 2.19. The summed E-state index contributed by atoms with van der Waals surface area (Å²) in [5, 5.41) is 13.8. The van der Waals surface area contributed by atoms with Crippen LogP contribution in [-0.4, -0.2) is 15.4 Å². The Morgan fingerprint density at radius 1 is 1.36 bits per heavy atom. The Bertz CT molecular complexity index is 801. The molecule has 1 aromatic heterocycles. The van der Waals surface area contributed by atoms with Crippen molar-refractivity contribution in [2.24, 2.45) is 0 Å². The first kappa shape index (κ1) is 15.7. The van der Waals surface area contributed by atoms with E-state index in [4.69, 9.17) is 11.6 Å². The Hall–Kier alpha value is -2.67. The first-order valence-corrected chi connectivity index (χ1v) is 6.65. The summed E-state index contributed by atoms with van der Waals surface area (Å²) in [7, 11) is 0. The van der Waals surface area contributed by atoms with Crippen molar-refractivity contribution < 1.29 is 9.72 Å². The van der Waals surface area contributed by atoms with Gasteiger partial charge in [0.05, 0.1) is 11.1 Å². The number of amides is 1. The molecule has 114 valence electrons. The van der Waals surface area contributed by atoms with Crippen LogP contribution in [0.2, 0.25) is 5.02 Å². The van der Waals surface area contributed by atoms with Crippen molar-refractivity contribution in [3.05, 3.63) is 67.6 Å². The Labute approximate surface area is 130 Å². The van der Waals surface area contributed by atoms with Gasteiger partial charge in [0.1, 0.15) is 6.54 Å². The average Bonchev–Trinajstić information content (AvgIpc) is 2.45. The van der Waals surface area contributed by atoms with Crippen LogP contribution in [-0.2, 0) is 11.3 Å². The quantitative estimate of drug-likeness (QED) is 0.690. The van der Waals surface area contributed by atoms with E-state index in [1.54, 1.807) is 18.2 Å². The van der Waals surface area contributed by atoms with E-state index in [-0.39, 0.29) is 12.2 Å². The van der Waals surface area contributed by atoms with E-state index in [2.05, 4.69) is 5.32 Å². The van der Waals surface area contributed by atoms with Gasteiger partial charge in [0.15, 0.2) is 0 Å². The highest BCUT2D eigenvalue weighted by atomic mass is 35.5. The SMILES string of the molecule is Cc1ccc(NC(=O)Cn2cc([N+](=O)[O-])ccc2=O)cc1Cl. The molecule has 0 unspecified atom stereocenters. The van der Waals surface area contributed by atoms with E-state index in [1.807, 2.05) is 6.92 Å². The van der Waals surface area contributed by atoms with E-state index in [0.717, 1.165) is 28.5 Å². The number of hydrogen-bond donors (Lipinski definition) is 1. The highest BCUT2D eigenvalue weighted by molar-refractivity contribution is 6.31. The van der Waals surface area contributed by atoms with Crippen LogP contribution in [0.3, 0.4) is 0 Å². The molecule has 1 N–H and O–H groups in total. The number of nitro groups is 1. The predicted octanol–water partition coefficient (Wildman–Crippen LogP) is 2.36. The van der Waals surface area contributed by atoms with Crippen molar-refractivity contribution in [3.8, 4) is 0 Å². The lowest BCUT2D eigenvalue weighted by atomic mass is 10.2. The molecule has 22 heavy (non-hydrogen) atoms. The van der Waals surface area contributed by atoms with Gasteiger partial charge in [-0.25, -0.2) is 0 Å². The number of nitrogens with one attached hydrogen (secondary N) is 1. The lowest BCUT2D eigenvalue weighted by Crippen LogP contribution is -2.26. The zero-order chi connectivity index (χ0) is 16.3. The first-order chi connectivity index (χ1) is 10.4. The zero-order valence-corrected chi connectivity index (χ0v) is 12.3. The molecule has 1 amide bonds. The van der Waals surface area contributed by atoms with Gasteiger partial charge in [-0.2, -0.15) is 0 Å². The molecule has 0 aliphatic rings. The van der Waals surface area contributed by atoms with Crippen LogP contribution in [0.1, 0.15) is 5.56 Å². The lowest BCUT2D eigenvalue weighted by Gasteiger charge is -2.08. The Morgan fingerprint density at radius 3 is 2.73 bits per heavy atom. The number of nitrogens with zero attached hydrogens (tertiary/aromatic N) is 2. The van der Waals surface area contributed by atoms with Crippen LogP contribution in [0, 0.1) is 17.0 Å². The molecule has 1 heterocycles. The molecular weight excluding hydrogens is 310 g/mol. The molecule has 1 aromatic carbocycles. The number of pyridine rings is 1. The van der Waals surface area contributed by atoms with Gasteiger partial charge in [-0.05, 0) is 24.6 Å². The Balaban J connectivity index is 2.15. The molecular formula is C14H12ClN3O4. The maximum absolute atomic E-state index is 11.9. The minimum Gasteiger partial charge on any atom is -0.324 e. The summed E-state index contributed by atoms with van der Waals surface area (Å²) in [5.41, 5.74) is 0.599. The third-order valence-corrected chi connectivity index (χ3v) is 3.36. The van der Waals surface area contributed by atoms with Crippen molar-refractivity contribution in [2.75, 3.05) is 5.32 Å². The van der Waals surface area contributed by atoms with Gasteiger partial charge in [0, 0.05) is 22.8 Å². The zero-order valence-electron chi connectivity index (χ0n) is 11.6. The van der Waals surface area contributed by atoms with Crippen LogP contribution in [0.4, 0.5) is 11.4 Å². The van der Waals surface area contributed by atoms with E-state index in [0.29, 0.717) is 10.7 Å². The number of benzene rings is 1. The smallest absolute Gasteiger partial charge is 0.285 e. The molecule has 2 rings (SSSR count). The third-order valence-electron chi connectivity index (χ3n) is 2.95. The van der Waals surface area contributed by atoms with Gasteiger partial charge < -0.3 is 5.32 Å². The average molecular weight is 322 g/mol. The van der Waals surface area contributed by atoms with Crippen molar-refractivity contribution >= 4 is 28.9 Å². The fourth-order valence-corrected chi connectivity index (χ4v) is 1.96. The number of hydrogen-bond acceptors (Lipinski definition) is 4. The number of carbonyl (C=O) groups excluding carboxylic acids is 1. The molecule has 0 saturated heterocycles. The second-order valence-corrected chi connectivity index (χ2v) is 5.03. The second-order valence-electron chi connectivity index (χ2n) is 4.62. The summed E-state index contributed by atoms with van der Waals surface area (Å²) in [4.78, 5) is 33.6. The number of carbonyl (C=O) groups is 1. The molecule has 0 fully saturated rings. The standard InChI is InChI=1S/C14H12ClN3O4/c1-9-2-3-10(6-12(9)15)16-13(19)8-17-7-11(18(21)22)4-5-14(17)20/h2-7H,8H2,1H3,(H,16,19). The van der Waals surface area contributed by atoms with E-state index < -0.39 is 16.4 Å². The molecule has 0 aliphatic heterocycles. The van der Waals surface area contributed by atoms with Gasteiger partial charge >= 0.3 is 0 Å². The fraction of sp³-hybridized carbons (Fsp3) is 0.143. The van der Waals surface area contributed by atoms with Gasteiger partial charge in [0.2, 0.25) is 5.91 Å². The van der Waals surface area contributed by atoms with Crippen LogP contribution in [0.5, 0.6) is 0 Å². The monoisotopic (exact) mass is 321 g/mol. The molecule has 2 aromatic rings. The van der Waals surface area contributed by atoms with Gasteiger partial charge in [-0.15, -0.1) is 0 Å². The van der Waals surface area contributed by atoms with Crippen LogP contribution in [0.25, 0.3) is 0 Å². The number of aryl methyl sites for hydroxylation is 1. The molecule has 7 nitrogen and oxygen atoms in total. The minimum atomic E-state index is -0.631. The van der Waals surface area contributed by atoms with Crippen molar-refractivity contribution in [1.29, 1.82) is 0 Å². The van der Waals surface area contributed by atoms with Gasteiger partial charge in [-0.1, -0.05) is 17.7 Å². The van der Waals surface area contributed by atoms with Crippen LogP contribution < -0.4 is 10.9 Å². The highest BCUT2D eigenvalue weighted by Gasteiger charge is 2.11. The molecule has 0 atom stereocenters. The van der Waals surface area contributed by atoms with E-state index in [1.165, 1.54) is 0 Å². The van der Waals surface area contributed by atoms with Crippen molar-refractivity contribution in [3.63, 3.8) is 0 Å². The van der Waals surface area contributed by atoms with Crippen LogP contribution in [0.15, 0.2) is 41.3 Å². The first-order valence-electron chi connectivity index (χ1n) is 6.27. The molecule has 0 saturated carbocycles. The summed E-state index contributed by atoms with van der Waals surface area (Å²) >= 11 is 5.96. The number of aromatic nitrogens is 1. The topological polar surface area (TPSA) is 94.2 Å². The molecule has 0 bridgehead atoms. The Morgan fingerprint density at radius 2 is 2.09 bits per heavy atom. The molecule has 0 spiro atoms. The maximum Gasteiger partial charge on any atom is 0.285 e. The normalized spacial score (nSPS) is 10.3. The maximum atomic E-state index is 11.9. The van der Waals surface area contributed by atoms with Gasteiger partial charge in [-0.3, -0.25) is 24.3 Å². The molecule has 0 radical (unpaired) electrons. The summed E-state index contributed by atoms with van der Waals surface area (Å²) in [6.45, 7) is 1.50. The lowest BCUT2D eigenvalue weighted by molar-refractivity contribution is -0.385. The summed E-state index contributed by atoms with van der Waals surface area (Å²) in [6, 6.07) is 7.16. The summed E-state index contributed by atoms with van der Waals surface area (Å²) in [5.74, 6) is -0.484. The second kappa shape index (κ2) is 6.40. The summed E-state index contributed by atoms with van der Waals surface area (Å²) in [6.07, 6.45) is 1.03. The predicted molar refractivity (Wildman–Crippen MR) is 82.2 cm³/mol. The fourth-order valence-electron chi connectivity index (χ4n) is 1.78. The molecule has 0 aliphatic carbocycles. The van der Waals surface area contributed by atoms with Crippen LogP contribution >= 0.6 is 11.6 Å². The number of rotatable bonds is 4. The van der Waals surface area contributed by atoms with Crippen molar-refractivity contribution in [2.45, 2.75) is 13.5 Å². The van der Waals surface area contributed by atoms with E-state index >= 15 is 0 Å². The summed E-state index contributed by atoms with van der Waals surface area (Å²) < 4.78 is 0.975. The number of halogens is 1. The minimum absolute atomic E-state index is 0.259. The number of anilines is 1. The van der Waals surface area contributed by atoms with Crippen molar-refractivity contribution in [1.82, 2.24) is 4.57 Å². The molecule has 8 heteroatoms. The largest absolute Gasteiger partial charge is 0.324 e.